The van der Waals surface area contributed by atoms with Gasteiger partial charge in [-0.3, -0.25) is 4.98 Å². The summed E-state index contributed by atoms with van der Waals surface area (Å²) in [4.78, 5) is 5.11. The molecule has 4 unspecified atom stereocenters. The molecule has 28 heavy (non-hydrogen) atoms. The largest absolute Gasteiger partial charge is 0.255 e. The lowest BCUT2D eigenvalue weighted by Gasteiger charge is -2.36. The summed E-state index contributed by atoms with van der Waals surface area (Å²) in [5, 5.41) is 4.20. The molecule has 0 aliphatic heterocycles. The Morgan fingerprint density at radius 2 is 1.61 bits per heavy atom. The highest BCUT2D eigenvalue weighted by molar-refractivity contribution is 6.23. The molecule has 1 nitrogen and oxygen atoms in total. The molecule has 1 aromatic heterocycles. The van der Waals surface area contributed by atoms with E-state index in [0.29, 0.717) is 0 Å². The average Bonchev–Trinajstić information content (AvgIpc) is 3.18. The summed E-state index contributed by atoms with van der Waals surface area (Å²) in [6.45, 7) is 0. The van der Waals surface area contributed by atoms with Crippen LogP contribution in [0.3, 0.4) is 0 Å². The van der Waals surface area contributed by atoms with Crippen LogP contribution in [0.15, 0.2) is 54.7 Å². The summed E-state index contributed by atoms with van der Waals surface area (Å²) in [5.74, 6) is 3.42. The molecule has 2 saturated carbocycles. The molecule has 4 aliphatic rings. The van der Waals surface area contributed by atoms with E-state index in [4.69, 9.17) is 4.98 Å². The Labute approximate surface area is 164 Å². The van der Waals surface area contributed by atoms with Crippen molar-refractivity contribution in [2.45, 2.75) is 37.5 Å². The fourth-order valence-electron chi connectivity index (χ4n) is 7.49. The smallest absolute Gasteiger partial charge is 0.0784 e. The molecular weight excluding hydrogens is 338 g/mol. The fourth-order valence-corrected chi connectivity index (χ4v) is 7.49. The normalized spacial score (nSPS) is 28.1. The number of benzene rings is 3. The zero-order chi connectivity index (χ0) is 18.0. The minimum Gasteiger partial charge on any atom is -0.255 e. The SMILES string of the molecule is c1ccc2c(c1)-c1cccc3c1c-2cc1c2c(cnc13)C1CC3CC2CC1C3. The van der Waals surface area contributed by atoms with Gasteiger partial charge in [-0.05, 0) is 94.2 Å². The van der Waals surface area contributed by atoms with Crippen LogP contribution in [-0.4, -0.2) is 4.98 Å². The molecule has 2 fully saturated rings. The van der Waals surface area contributed by atoms with E-state index in [-0.39, 0.29) is 0 Å². The second kappa shape index (κ2) is 4.66. The number of aromatic nitrogens is 1. The van der Waals surface area contributed by atoms with E-state index in [2.05, 4.69) is 54.7 Å². The number of pyridine rings is 1. The zero-order valence-electron chi connectivity index (χ0n) is 15.8. The second-order valence-electron chi connectivity index (χ2n) is 9.59. The first-order valence-electron chi connectivity index (χ1n) is 10.8. The molecule has 0 amide bonds. The Morgan fingerprint density at radius 3 is 2.54 bits per heavy atom. The van der Waals surface area contributed by atoms with Gasteiger partial charge in [0.05, 0.1) is 5.52 Å². The van der Waals surface area contributed by atoms with Gasteiger partial charge in [-0.25, -0.2) is 0 Å². The molecule has 3 aromatic carbocycles. The van der Waals surface area contributed by atoms with Crippen LogP contribution < -0.4 is 0 Å². The van der Waals surface area contributed by atoms with E-state index in [0.717, 1.165) is 23.7 Å². The molecule has 3 bridgehead atoms. The third kappa shape index (κ3) is 1.53. The summed E-state index contributed by atoms with van der Waals surface area (Å²) in [7, 11) is 0. The van der Waals surface area contributed by atoms with Gasteiger partial charge >= 0.3 is 0 Å². The van der Waals surface area contributed by atoms with Crippen molar-refractivity contribution in [3.63, 3.8) is 0 Å². The number of rotatable bonds is 0. The van der Waals surface area contributed by atoms with Crippen LogP contribution in [0.25, 0.3) is 43.9 Å². The van der Waals surface area contributed by atoms with Gasteiger partial charge in [0.15, 0.2) is 0 Å². The first-order valence-corrected chi connectivity index (χ1v) is 10.8. The summed E-state index contributed by atoms with van der Waals surface area (Å²) in [5.41, 5.74) is 10.1. The molecule has 4 aliphatic carbocycles. The summed E-state index contributed by atoms with van der Waals surface area (Å²) >= 11 is 0. The lowest BCUT2D eigenvalue weighted by Crippen LogP contribution is -2.23. The highest BCUT2D eigenvalue weighted by atomic mass is 14.7. The zero-order valence-corrected chi connectivity index (χ0v) is 15.8. The van der Waals surface area contributed by atoms with E-state index < -0.39 is 0 Å². The van der Waals surface area contributed by atoms with Gasteiger partial charge in [-0.15, -0.1) is 0 Å². The van der Waals surface area contributed by atoms with Crippen molar-refractivity contribution < 1.29 is 0 Å². The van der Waals surface area contributed by atoms with Crippen molar-refractivity contribution in [3.05, 3.63) is 65.9 Å². The summed E-state index contributed by atoms with van der Waals surface area (Å²) < 4.78 is 0. The van der Waals surface area contributed by atoms with Gasteiger partial charge < -0.3 is 0 Å². The molecule has 134 valence electrons. The van der Waals surface area contributed by atoms with Crippen molar-refractivity contribution in [3.8, 4) is 22.3 Å². The average molecular weight is 359 g/mol. The summed E-state index contributed by atoms with van der Waals surface area (Å²) in [6.07, 6.45) is 7.97. The summed E-state index contributed by atoms with van der Waals surface area (Å²) in [6, 6.07) is 18.2. The van der Waals surface area contributed by atoms with Crippen LogP contribution >= 0.6 is 0 Å². The van der Waals surface area contributed by atoms with E-state index in [9.17, 15) is 0 Å². The van der Waals surface area contributed by atoms with Crippen LogP contribution in [0.4, 0.5) is 0 Å². The third-order valence-corrected chi connectivity index (χ3v) is 8.38. The predicted octanol–water partition coefficient (Wildman–Crippen LogP) is 7.04. The van der Waals surface area contributed by atoms with E-state index in [1.807, 2.05) is 0 Å². The maximum Gasteiger partial charge on any atom is 0.0784 e. The van der Waals surface area contributed by atoms with Gasteiger partial charge in [-0.2, -0.15) is 0 Å². The topological polar surface area (TPSA) is 12.9 Å². The molecule has 1 heteroatoms. The molecule has 8 rings (SSSR count). The van der Waals surface area contributed by atoms with E-state index in [1.165, 1.54) is 69.6 Å². The highest BCUT2D eigenvalue weighted by Gasteiger charge is 2.47. The van der Waals surface area contributed by atoms with Gasteiger partial charge in [-0.1, -0.05) is 42.5 Å². The monoisotopic (exact) mass is 359 g/mol. The van der Waals surface area contributed by atoms with Crippen molar-refractivity contribution in [1.82, 2.24) is 4.98 Å². The Bertz CT molecular complexity index is 1350. The van der Waals surface area contributed by atoms with Crippen LogP contribution in [0, 0.1) is 11.8 Å². The minimum atomic E-state index is 0.757. The number of fused-ring (bicyclic) bond motifs is 11. The lowest BCUT2D eigenvalue weighted by atomic mass is 9.68. The lowest BCUT2D eigenvalue weighted by molar-refractivity contribution is 0.298. The molecule has 0 spiro atoms. The molecule has 4 aromatic rings. The van der Waals surface area contributed by atoms with Crippen molar-refractivity contribution in [1.29, 1.82) is 0 Å². The Hall–Kier alpha value is -2.67. The predicted molar refractivity (Wildman–Crippen MR) is 115 cm³/mol. The number of hydrogen-bond acceptors (Lipinski definition) is 1. The molecule has 0 saturated heterocycles. The van der Waals surface area contributed by atoms with Crippen LogP contribution in [0.1, 0.15) is 48.6 Å². The van der Waals surface area contributed by atoms with Gasteiger partial charge in [0.1, 0.15) is 0 Å². The first kappa shape index (κ1) is 14.3. The quantitative estimate of drug-likeness (QED) is 0.270. The Morgan fingerprint density at radius 1 is 0.750 bits per heavy atom. The third-order valence-electron chi connectivity index (χ3n) is 8.38. The number of nitrogens with zero attached hydrogens (tertiary/aromatic N) is 1. The first-order chi connectivity index (χ1) is 13.9. The standard InChI is InChI=1S/C27H21N/c1-2-5-18-17(4-1)19-6-3-7-20-26(19)22(18)12-23-25-16-9-14-8-15(11-16)21(10-14)24(25)13-28-27(20)23/h1-7,12-16,21H,8-11H2. The molecule has 4 atom stereocenters. The number of hydrogen-bond donors (Lipinski definition) is 0. The highest BCUT2D eigenvalue weighted by Crippen LogP contribution is 2.61. The van der Waals surface area contributed by atoms with Crippen LogP contribution in [0.5, 0.6) is 0 Å². The van der Waals surface area contributed by atoms with E-state index >= 15 is 0 Å². The maximum absolute atomic E-state index is 5.11. The molecule has 0 N–H and O–H groups in total. The molecule has 1 heterocycles. The van der Waals surface area contributed by atoms with Crippen molar-refractivity contribution in [2.24, 2.45) is 11.8 Å². The van der Waals surface area contributed by atoms with Crippen molar-refractivity contribution in [2.75, 3.05) is 0 Å². The van der Waals surface area contributed by atoms with Gasteiger partial charge in [0.2, 0.25) is 0 Å². The van der Waals surface area contributed by atoms with Gasteiger partial charge in [0, 0.05) is 17.0 Å². The molecular formula is C27H21N. The maximum atomic E-state index is 5.11. The van der Waals surface area contributed by atoms with Crippen molar-refractivity contribution >= 4 is 21.7 Å². The van der Waals surface area contributed by atoms with E-state index in [1.54, 1.807) is 11.1 Å². The Kier molecular flexibility index (Phi) is 2.39. The van der Waals surface area contributed by atoms with Crippen LogP contribution in [0.2, 0.25) is 0 Å². The van der Waals surface area contributed by atoms with Crippen LogP contribution in [-0.2, 0) is 0 Å². The molecule has 0 radical (unpaired) electrons. The van der Waals surface area contributed by atoms with Gasteiger partial charge in [0.25, 0.3) is 0 Å². The second-order valence-corrected chi connectivity index (χ2v) is 9.59. The minimum absolute atomic E-state index is 0.757. The Balaban J connectivity index is 1.55. The fraction of sp³-hybridized carbons (Fsp3) is 0.296.